The van der Waals surface area contributed by atoms with Gasteiger partial charge in [-0.25, -0.2) is 14.3 Å². The molecule has 0 radical (unpaired) electrons. The highest BCUT2D eigenvalue weighted by Crippen LogP contribution is 2.25. The maximum atomic E-state index is 11.8. The topological polar surface area (TPSA) is 144 Å². The number of nitrogens with one attached hydrogen (secondary N) is 2. The molecule has 10 heteroatoms. The molecule has 0 unspecified atom stereocenters. The Labute approximate surface area is 116 Å². The Balaban J connectivity index is 2.18. The molecule has 3 heterocycles. The average molecular weight is 299 g/mol. The molecule has 0 amide bonds. The second-order valence-electron chi connectivity index (χ2n) is 4.97. The van der Waals surface area contributed by atoms with E-state index in [-0.39, 0.29) is 11.2 Å². The Bertz CT molecular complexity index is 792. The van der Waals surface area contributed by atoms with Crippen molar-refractivity contribution in [2.45, 2.75) is 24.5 Å². The van der Waals surface area contributed by atoms with Gasteiger partial charge in [-0.15, -0.1) is 0 Å². The fourth-order valence-corrected chi connectivity index (χ4v) is 2.59. The fourth-order valence-electron chi connectivity index (χ4n) is 2.59. The summed E-state index contributed by atoms with van der Waals surface area (Å²) in [6, 6.07) is 0. The number of aromatic amines is 2. The number of aryl methyl sites for hydroxylation is 1. The minimum Gasteiger partial charge on any atom is -0.394 e. The van der Waals surface area contributed by atoms with Crippen molar-refractivity contribution in [3.63, 3.8) is 0 Å². The summed E-state index contributed by atoms with van der Waals surface area (Å²) in [6.45, 7) is -0.461. The summed E-state index contributed by atoms with van der Waals surface area (Å²) in [5, 5.41) is 28.9. The number of aliphatic hydroxyl groups is 3. The molecule has 0 saturated carbocycles. The predicted octanol–water partition coefficient (Wildman–Crippen LogP) is -3.55. The van der Waals surface area contributed by atoms with Crippen LogP contribution in [0, 0.1) is 0 Å². The number of aliphatic hydroxyl groups excluding tert-OH is 3. The van der Waals surface area contributed by atoms with Crippen molar-refractivity contribution in [3.8, 4) is 0 Å². The number of rotatable bonds is 2. The summed E-state index contributed by atoms with van der Waals surface area (Å²) in [7, 11) is 1.59. The normalized spacial score (nSPS) is 29.3. The van der Waals surface area contributed by atoms with Gasteiger partial charge in [0.2, 0.25) is 11.7 Å². The third-order valence-corrected chi connectivity index (χ3v) is 3.60. The molecule has 2 aromatic heterocycles. The van der Waals surface area contributed by atoms with Gasteiger partial charge in [0.1, 0.15) is 18.3 Å². The lowest BCUT2D eigenvalue weighted by molar-refractivity contribution is -0.746. The van der Waals surface area contributed by atoms with Crippen LogP contribution in [0.5, 0.6) is 0 Å². The van der Waals surface area contributed by atoms with E-state index in [4.69, 9.17) is 9.84 Å². The van der Waals surface area contributed by atoms with Gasteiger partial charge < -0.3 is 20.1 Å². The number of aromatic nitrogens is 4. The van der Waals surface area contributed by atoms with Gasteiger partial charge in [-0.2, -0.15) is 0 Å². The lowest BCUT2D eigenvalue weighted by atomic mass is 10.1. The van der Waals surface area contributed by atoms with Crippen molar-refractivity contribution in [2.24, 2.45) is 7.05 Å². The molecule has 0 aromatic carbocycles. The van der Waals surface area contributed by atoms with Crippen LogP contribution in [0.1, 0.15) is 6.23 Å². The molecule has 10 nitrogen and oxygen atoms in total. The van der Waals surface area contributed by atoms with Crippen LogP contribution in [0.25, 0.3) is 11.2 Å². The second-order valence-corrected chi connectivity index (χ2v) is 4.97. The SMILES string of the molecule is Cn1c[n+]([C@H]2O[C@@H](CO)[C@@H](O)[C@@H]2O)c2[nH]c(=O)[nH]c(=O)c21. The van der Waals surface area contributed by atoms with Crippen molar-refractivity contribution >= 4 is 11.2 Å². The van der Waals surface area contributed by atoms with E-state index in [1.165, 1.54) is 15.5 Å². The molecule has 0 spiro atoms. The van der Waals surface area contributed by atoms with Crippen LogP contribution in [-0.4, -0.2) is 54.8 Å². The smallest absolute Gasteiger partial charge is 0.384 e. The first kappa shape index (κ1) is 13.9. The molecule has 4 atom stereocenters. The molecule has 0 bridgehead atoms. The largest absolute Gasteiger partial charge is 0.394 e. The van der Waals surface area contributed by atoms with E-state index < -0.39 is 42.4 Å². The van der Waals surface area contributed by atoms with E-state index in [1.807, 2.05) is 0 Å². The molecule has 114 valence electrons. The maximum absolute atomic E-state index is 11.8. The first-order valence-electron chi connectivity index (χ1n) is 6.29. The van der Waals surface area contributed by atoms with Gasteiger partial charge in [-0.05, 0) is 0 Å². The van der Waals surface area contributed by atoms with E-state index in [1.54, 1.807) is 7.05 Å². The lowest BCUT2D eigenvalue weighted by Gasteiger charge is -2.12. The van der Waals surface area contributed by atoms with Crippen molar-refractivity contribution in [1.29, 1.82) is 0 Å². The van der Waals surface area contributed by atoms with Gasteiger partial charge >= 0.3 is 5.69 Å². The van der Waals surface area contributed by atoms with Crippen LogP contribution in [0.2, 0.25) is 0 Å². The molecular weight excluding hydrogens is 284 g/mol. The monoisotopic (exact) mass is 299 g/mol. The number of hydrogen-bond donors (Lipinski definition) is 5. The van der Waals surface area contributed by atoms with Crippen molar-refractivity contribution in [1.82, 2.24) is 14.5 Å². The summed E-state index contributed by atoms with van der Waals surface area (Å²) < 4.78 is 8.19. The number of fused-ring (bicyclic) bond motifs is 1. The van der Waals surface area contributed by atoms with Crippen LogP contribution in [0.15, 0.2) is 15.9 Å². The van der Waals surface area contributed by atoms with Crippen LogP contribution >= 0.6 is 0 Å². The third kappa shape index (κ3) is 2.00. The van der Waals surface area contributed by atoms with E-state index in [0.717, 1.165) is 0 Å². The molecule has 1 aliphatic rings. The number of hydrogen-bond acceptors (Lipinski definition) is 6. The zero-order valence-corrected chi connectivity index (χ0v) is 11.1. The minimum atomic E-state index is -1.31. The zero-order chi connectivity index (χ0) is 15.3. The summed E-state index contributed by atoms with van der Waals surface area (Å²) in [5.41, 5.74) is -0.936. The molecule has 5 N–H and O–H groups in total. The standard InChI is InChI=1S/C11H14N4O6/c1-14-3-15(8-5(14)9(19)13-11(20)12-8)10-7(18)6(17)4(2-16)21-10/h3-4,6-7,10,16-18H,2H2,1H3,(H-,12,13,19,20)/p+1/t4-,6+,7-,10-/m0/s1. The molecule has 2 aromatic rings. The van der Waals surface area contributed by atoms with E-state index in [9.17, 15) is 19.8 Å². The molecule has 1 fully saturated rings. The van der Waals surface area contributed by atoms with Crippen LogP contribution in [-0.2, 0) is 11.8 Å². The van der Waals surface area contributed by atoms with Crippen molar-refractivity contribution in [2.75, 3.05) is 6.61 Å². The molecule has 3 rings (SSSR count). The fraction of sp³-hybridized carbons (Fsp3) is 0.545. The molecule has 1 aliphatic heterocycles. The quantitative estimate of drug-likeness (QED) is 0.363. The van der Waals surface area contributed by atoms with Gasteiger partial charge in [0, 0.05) is 0 Å². The Morgan fingerprint density at radius 1 is 1.33 bits per heavy atom. The molecular formula is C11H15N4O6+. The lowest BCUT2D eigenvalue weighted by Crippen LogP contribution is -2.46. The van der Waals surface area contributed by atoms with Crippen molar-refractivity contribution in [3.05, 3.63) is 27.2 Å². The Kier molecular flexibility index (Phi) is 3.17. The van der Waals surface area contributed by atoms with Crippen LogP contribution in [0.4, 0.5) is 0 Å². The predicted molar refractivity (Wildman–Crippen MR) is 67.4 cm³/mol. The molecule has 21 heavy (non-hydrogen) atoms. The van der Waals surface area contributed by atoms with E-state index in [2.05, 4.69) is 9.97 Å². The van der Waals surface area contributed by atoms with Crippen LogP contribution in [0.3, 0.4) is 0 Å². The summed E-state index contributed by atoms with van der Waals surface area (Å²) in [5.74, 6) is 0. The highest BCUT2D eigenvalue weighted by atomic mass is 16.6. The Hall–Kier alpha value is -2.01. The summed E-state index contributed by atoms with van der Waals surface area (Å²) in [6.07, 6.45) is -3.09. The average Bonchev–Trinajstić information content (AvgIpc) is 2.89. The third-order valence-electron chi connectivity index (χ3n) is 3.60. The zero-order valence-electron chi connectivity index (χ0n) is 11.1. The Morgan fingerprint density at radius 2 is 2.05 bits per heavy atom. The van der Waals surface area contributed by atoms with Gasteiger partial charge in [0.25, 0.3) is 11.2 Å². The number of H-pyrrole nitrogens is 2. The Morgan fingerprint density at radius 3 is 2.67 bits per heavy atom. The molecule has 1 saturated heterocycles. The van der Waals surface area contributed by atoms with Crippen molar-refractivity contribution < 1.29 is 24.6 Å². The highest BCUT2D eigenvalue weighted by Gasteiger charge is 2.46. The highest BCUT2D eigenvalue weighted by molar-refractivity contribution is 5.65. The van der Waals surface area contributed by atoms with Gasteiger partial charge in [-0.3, -0.25) is 14.3 Å². The summed E-state index contributed by atoms with van der Waals surface area (Å²) in [4.78, 5) is 27.8. The second kappa shape index (κ2) is 4.77. The van der Waals surface area contributed by atoms with E-state index >= 15 is 0 Å². The first-order valence-corrected chi connectivity index (χ1v) is 6.29. The summed E-state index contributed by atoms with van der Waals surface area (Å²) >= 11 is 0. The van der Waals surface area contributed by atoms with Gasteiger partial charge in [-0.1, -0.05) is 0 Å². The molecule has 0 aliphatic carbocycles. The number of imidazole rings is 1. The maximum Gasteiger partial charge on any atom is 0.384 e. The first-order chi connectivity index (χ1) is 9.93. The number of ether oxygens (including phenoxy) is 1. The van der Waals surface area contributed by atoms with E-state index in [0.29, 0.717) is 0 Å². The minimum absolute atomic E-state index is 0.154. The van der Waals surface area contributed by atoms with Gasteiger partial charge in [0.15, 0.2) is 6.33 Å². The van der Waals surface area contributed by atoms with Crippen LogP contribution < -0.4 is 15.8 Å². The number of nitrogens with zero attached hydrogens (tertiary/aromatic N) is 2. The van der Waals surface area contributed by atoms with Gasteiger partial charge in [0.05, 0.1) is 13.7 Å².